The third-order valence-corrected chi connectivity index (χ3v) is 4.29. The maximum Gasteiger partial charge on any atom is 0.237 e. The molecule has 23 heavy (non-hydrogen) atoms. The summed E-state index contributed by atoms with van der Waals surface area (Å²) in [6, 6.07) is 7.58. The molecular weight excluding hydrogens is 290 g/mol. The number of ether oxygens (including phenoxy) is 1. The lowest BCUT2D eigenvalue weighted by atomic mass is 10.1. The molecule has 2 rings (SSSR count). The minimum atomic E-state index is -0.141. The van der Waals surface area contributed by atoms with E-state index in [9.17, 15) is 4.79 Å². The largest absolute Gasteiger partial charge is 0.496 e. The number of rotatable bonds is 6. The SMILES string of the molecule is C#CCN1CCN(C(C)C(=O)NCc2ccccc2OC)CC1. The van der Waals surface area contributed by atoms with Crippen LogP contribution in [0.15, 0.2) is 24.3 Å². The second-order valence-electron chi connectivity index (χ2n) is 5.72. The van der Waals surface area contributed by atoms with Gasteiger partial charge in [-0.3, -0.25) is 14.6 Å². The molecule has 0 bridgehead atoms. The van der Waals surface area contributed by atoms with Gasteiger partial charge in [0.1, 0.15) is 5.75 Å². The number of carbonyl (C=O) groups excluding carboxylic acids is 1. The van der Waals surface area contributed by atoms with Crippen molar-refractivity contribution in [3.05, 3.63) is 29.8 Å². The molecule has 1 aliphatic rings. The van der Waals surface area contributed by atoms with Crippen LogP contribution in [0.1, 0.15) is 12.5 Å². The molecule has 1 aliphatic heterocycles. The zero-order valence-electron chi connectivity index (χ0n) is 13.9. The van der Waals surface area contributed by atoms with Crippen LogP contribution < -0.4 is 10.1 Å². The molecule has 1 unspecified atom stereocenters. The fourth-order valence-electron chi connectivity index (χ4n) is 2.78. The molecule has 0 aromatic heterocycles. The molecular formula is C18H25N3O2. The van der Waals surface area contributed by atoms with Crippen LogP contribution in [0.5, 0.6) is 5.75 Å². The number of amides is 1. The van der Waals surface area contributed by atoms with Gasteiger partial charge in [-0.1, -0.05) is 24.1 Å². The number of nitrogens with one attached hydrogen (secondary N) is 1. The third kappa shape index (κ3) is 4.72. The van der Waals surface area contributed by atoms with Crippen molar-refractivity contribution in [2.75, 3.05) is 39.8 Å². The highest BCUT2D eigenvalue weighted by atomic mass is 16.5. The first-order valence-electron chi connectivity index (χ1n) is 7.95. The van der Waals surface area contributed by atoms with Crippen LogP contribution in [0, 0.1) is 12.3 Å². The van der Waals surface area contributed by atoms with E-state index in [0.29, 0.717) is 13.1 Å². The number of benzene rings is 1. The average molecular weight is 315 g/mol. The molecule has 1 saturated heterocycles. The number of carbonyl (C=O) groups is 1. The second kappa shape index (κ2) is 8.56. The summed E-state index contributed by atoms with van der Waals surface area (Å²) in [7, 11) is 1.64. The molecule has 1 aromatic carbocycles. The molecule has 0 spiro atoms. The van der Waals surface area contributed by atoms with E-state index in [-0.39, 0.29) is 11.9 Å². The highest BCUT2D eigenvalue weighted by Gasteiger charge is 2.25. The fourth-order valence-corrected chi connectivity index (χ4v) is 2.78. The van der Waals surface area contributed by atoms with Gasteiger partial charge < -0.3 is 10.1 Å². The Bertz CT molecular complexity index is 560. The molecule has 1 fully saturated rings. The predicted molar refractivity (Wildman–Crippen MR) is 91.1 cm³/mol. The number of nitrogens with zero attached hydrogens (tertiary/aromatic N) is 2. The van der Waals surface area contributed by atoms with Crippen molar-refractivity contribution >= 4 is 5.91 Å². The number of hydrogen-bond donors (Lipinski definition) is 1. The summed E-state index contributed by atoms with van der Waals surface area (Å²) in [5, 5.41) is 3.00. The van der Waals surface area contributed by atoms with Crippen molar-refractivity contribution in [1.82, 2.24) is 15.1 Å². The monoisotopic (exact) mass is 315 g/mol. The van der Waals surface area contributed by atoms with Crippen molar-refractivity contribution in [2.45, 2.75) is 19.5 Å². The molecule has 1 atom stereocenters. The Morgan fingerprint density at radius 3 is 2.70 bits per heavy atom. The van der Waals surface area contributed by atoms with Crippen molar-refractivity contribution in [2.24, 2.45) is 0 Å². The van der Waals surface area contributed by atoms with Crippen LogP contribution in [-0.4, -0.2) is 61.6 Å². The van der Waals surface area contributed by atoms with Gasteiger partial charge in [-0.25, -0.2) is 0 Å². The Morgan fingerprint density at radius 1 is 1.35 bits per heavy atom. The molecule has 5 heteroatoms. The van der Waals surface area contributed by atoms with Gasteiger partial charge in [-0.2, -0.15) is 0 Å². The van der Waals surface area contributed by atoms with Gasteiger partial charge in [0.25, 0.3) is 0 Å². The summed E-state index contributed by atoms with van der Waals surface area (Å²) in [5.74, 6) is 3.51. The summed E-state index contributed by atoms with van der Waals surface area (Å²) in [6.45, 7) is 6.67. The lowest BCUT2D eigenvalue weighted by Crippen LogP contribution is -2.53. The Morgan fingerprint density at radius 2 is 2.04 bits per heavy atom. The second-order valence-corrected chi connectivity index (χ2v) is 5.72. The van der Waals surface area contributed by atoms with E-state index in [2.05, 4.69) is 21.0 Å². The summed E-state index contributed by atoms with van der Waals surface area (Å²) in [5.41, 5.74) is 0.981. The summed E-state index contributed by atoms with van der Waals surface area (Å²) in [4.78, 5) is 16.8. The lowest BCUT2D eigenvalue weighted by molar-refractivity contribution is -0.126. The zero-order chi connectivity index (χ0) is 16.7. The zero-order valence-corrected chi connectivity index (χ0v) is 13.9. The summed E-state index contributed by atoms with van der Waals surface area (Å²) < 4.78 is 5.31. The molecule has 1 heterocycles. The minimum absolute atomic E-state index is 0.0429. The number of para-hydroxylation sites is 1. The van der Waals surface area contributed by atoms with E-state index in [1.165, 1.54) is 0 Å². The van der Waals surface area contributed by atoms with Gasteiger partial charge in [0.05, 0.1) is 19.7 Å². The van der Waals surface area contributed by atoms with Crippen molar-refractivity contribution in [1.29, 1.82) is 0 Å². The number of terminal acetylenes is 1. The van der Waals surface area contributed by atoms with Crippen LogP contribution in [0.3, 0.4) is 0 Å². The highest BCUT2D eigenvalue weighted by molar-refractivity contribution is 5.81. The molecule has 0 radical (unpaired) electrons. The van der Waals surface area contributed by atoms with Crippen LogP contribution in [0.25, 0.3) is 0 Å². The van der Waals surface area contributed by atoms with E-state index < -0.39 is 0 Å². The van der Waals surface area contributed by atoms with Gasteiger partial charge in [0, 0.05) is 38.3 Å². The first-order chi connectivity index (χ1) is 11.2. The molecule has 0 saturated carbocycles. The summed E-state index contributed by atoms with van der Waals surface area (Å²) >= 11 is 0. The van der Waals surface area contributed by atoms with Crippen molar-refractivity contribution in [3.63, 3.8) is 0 Å². The van der Waals surface area contributed by atoms with E-state index in [4.69, 9.17) is 11.2 Å². The van der Waals surface area contributed by atoms with E-state index in [1.54, 1.807) is 7.11 Å². The van der Waals surface area contributed by atoms with Gasteiger partial charge in [-0.05, 0) is 13.0 Å². The smallest absolute Gasteiger partial charge is 0.237 e. The molecule has 5 nitrogen and oxygen atoms in total. The van der Waals surface area contributed by atoms with E-state index in [1.807, 2.05) is 31.2 Å². The minimum Gasteiger partial charge on any atom is -0.496 e. The van der Waals surface area contributed by atoms with E-state index in [0.717, 1.165) is 37.5 Å². The van der Waals surface area contributed by atoms with Gasteiger partial charge in [0.2, 0.25) is 5.91 Å². The Balaban J connectivity index is 1.83. The third-order valence-electron chi connectivity index (χ3n) is 4.29. The van der Waals surface area contributed by atoms with Crippen molar-refractivity contribution < 1.29 is 9.53 Å². The molecule has 1 aromatic rings. The lowest BCUT2D eigenvalue weighted by Gasteiger charge is -2.36. The number of hydrogen-bond acceptors (Lipinski definition) is 4. The van der Waals surface area contributed by atoms with Gasteiger partial charge in [0.15, 0.2) is 0 Å². The van der Waals surface area contributed by atoms with Crippen LogP contribution in [0.2, 0.25) is 0 Å². The van der Waals surface area contributed by atoms with Crippen molar-refractivity contribution in [3.8, 4) is 18.1 Å². The average Bonchev–Trinajstić information content (AvgIpc) is 2.60. The standard InChI is InChI=1S/C18H25N3O2/c1-4-9-20-10-12-21(13-11-20)15(2)18(22)19-14-16-7-5-6-8-17(16)23-3/h1,5-8,15H,9-14H2,2-3H3,(H,19,22). The first kappa shape index (κ1) is 17.3. The summed E-state index contributed by atoms with van der Waals surface area (Å²) in [6.07, 6.45) is 5.34. The molecule has 0 aliphatic carbocycles. The Hall–Kier alpha value is -2.03. The topological polar surface area (TPSA) is 44.8 Å². The van der Waals surface area contributed by atoms with Gasteiger partial charge in [-0.15, -0.1) is 6.42 Å². The number of piperazine rings is 1. The van der Waals surface area contributed by atoms with Crippen LogP contribution in [0.4, 0.5) is 0 Å². The normalized spacial score (nSPS) is 17.3. The molecule has 1 amide bonds. The highest BCUT2D eigenvalue weighted by Crippen LogP contribution is 2.17. The van der Waals surface area contributed by atoms with E-state index >= 15 is 0 Å². The first-order valence-corrected chi connectivity index (χ1v) is 7.95. The van der Waals surface area contributed by atoms with Crippen LogP contribution >= 0.6 is 0 Å². The van der Waals surface area contributed by atoms with Gasteiger partial charge >= 0.3 is 0 Å². The van der Waals surface area contributed by atoms with Crippen LogP contribution in [-0.2, 0) is 11.3 Å². The quantitative estimate of drug-likeness (QED) is 0.794. The predicted octanol–water partition coefficient (Wildman–Crippen LogP) is 0.951. The Kier molecular flexibility index (Phi) is 6.45. The maximum absolute atomic E-state index is 12.4. The number of methoxy groups -OCH3 is 1. The molecule has 1 N–H and O–H groups in total. The maximum atomic E-state index is 12.4. The fraction of sp³-hybridized carbons (Fsp3) is 0.500. The Labute approximate surface area is 138 Å². The molecule has 124 valence electrons.